The molecule has 0 aromatic carbocycles. The Morgan fingerprint density at radius 3 is 3.10 bits per heavy atom. The molecule has 1 aromatic heterocycles. The van der Waals surface area contributed by atoms with E-state index in [2.05, 4.69) is 16.8 Å². The molecule has 0 saturated carbocycles. The van der Waals surface area contributed by atoms with Crippen LogP contribution in [-0.4, -0.2) is 4.98 Å². The Hall–Kier alpha value is -0.520. The Morgan fingerprint density at radius 2 is 2.60 bits per heavy atom. The highest BCUT2D eigenvalue weighted by molar-refractivity contribution is 7.16. The largest absolute Gasteiger partial charge is 0.232 e. The number of hydrogen-bond donors (Lipinski definition) is 0. The minimum Gasteiger partial charge on any atom is -0.232 e. The van der Waals surface area contributed by atoms with E-state index in [1.165, 1.54) is 11.3 Å². The Morgan fingerprint density at radius 1 is 1.80 bits per heavy atom. The van der Waals surface area contributed by atoms with E-state index in [4.69, 9.17) is 11.6 Å². The van der Waals surface area contributed by atoms with Crippen LogP contribution in [0.3, 0.4) is 0 Å². The zero-order chi connectivity index (χ0) is 7.40. The lowest BCUT2D eigenvalue weighted by Crippen LogP contribution is -1.59. The molecule has 1 aromatic rings. The lowest BCUT2D eigenvalue weighted by atomic mass is 10.4. The molecule has 0 radical (unpaired) electrons. The molecule has 0 bridgehead atoms. The van der Waals surface area contributed by atoms with Gasteiger partial charge in [-0.25, -0.2) is 4.98 Å². The van der Waals surface area contributed by atoms with Crippen molar-refractivity contribution in [3.05, 3.63) is 15.5 Å². The monoisotopic (exact) mass is 171 g/mol. The number of halogens is 1. The normalized spacial score (nSPS) is 8.60. The maximum absolute atomic E-state index is 5.58. The molecule has 0 atom stereocenters. The van der Waals surface area contributed by atoms with E-state index in [-0.39, 0.29) is 0 Å². The number of nitrogens with zero attached hydrogens (tertiary/aromatic N) is 1. The summed E-state index contributed by atoms with van der Waals surface area (Å²) in [5.74, 6) is 5.88. The van der Waals surface area contributed by atoms with Crippen molar-refractivity contribution in [2.75, 3.05) is 0 Å². The summed E-state index contributed by atoms with van der Waals surface area (Å²) in [6.45, 7) is 2.01. The van der Waals surface area contributed by atoms with Crippen LogP contribution in [0.4, 0.5) is 0 Å². The molecule has 0 spiro atoms. The topological polar surface area (TPSA) is 12.9 Å². The van der Waals surface area contributed by atoms with Crippen molar-refractivity contribution >= 4 is 22.9 Å². The summed E-state index contributed by atoms with van der Waals surface area (Å²) in [7, 11) is 0. The molecule has 1 nitrogen and oxygen atoms in total. The van der Waals surface area contributed by atoms with Crippen molar-refractivity contribution < 1.29 is 0 Å². The minimum atomic E-state index is 0.556. The first kappa shape index (κ1) is 7.59. The van der Waals surface area contributed by atoms with Gasteiger partial charge in [-0.3, -0.25) is 0 Å². The van der Waals surface area contributed by atoms with Gasteiger partial charge in [-0.2, -0.15) is 0 Å². The predicted molar refractivity (Wildman–Crippen MR) is 44.3 cm³/mol. The lowest BCUT2D eigenvalue weighted by Gasteiger charge is -1.71. The van der Waals surface area contributed by atoms with Crippen LogP contribution in [0.15, 0.2) is 6.20 Å². The van der Waals surface area contributed by atoms with Crippen molar-refractivity contribution in [1.29, 1.82) is 0 Å². The van der Waals surface area contributed by atoms with E-state index >= 15 is 0 Å². The van der Waals surface area contributed by atoms with Crippen LogP contribution >= 0.6 is 22.9 Å². The van der Waals surface area contributed by atoms with E-state index in [9.17, 15) is 0 Å². The van der Waals surface area contributed by atoms with Crippen LogP contribution < -0.4 is 0 Å². The number of rotatable bonds is 0. The van der Waals surface area contributed by atoms with Crippen molar-refractivity contribution in [3.8, 4) is 11.8 Å². The lowest BCUT2D eigenvalue weighted by molar-refractivity contribution is 1.28. The zero-order valence-corrected chi connectivity index (χ0v) is 7.09. The number of thiazole rings is 1. The quantitative estimate of drug-likeness (QED) is 0.547. The van der Waals surface area contributed by atoms with Gasteiger partial charge in [0.25, 0.3) is 0 Å². The van der Waals surface area contributed by atoms with Gasteiger partial charge in [0, 0.05) is 6.42 Å². The molecule has 0 amide bonds. The molecule has 0 fully saturated rings. The molecule has 0 unspecified atom stereocenters. The predicted octanol–water partition coefficient (Wildman–Crippen LogP) is 2.56. The highest BCUT2D eigenvalue weighted by Gasteiger charge is 1.92. The molecular weight excluding hydrogens is 166 g/mol. The van der Waals surface area contributed by atoms with Gasteiger partial charge in [0.2, 0.25) is 0 Å². The van der Waals surface area contributed by atoms with Crippen molar-refractivity contribution in [2.24, 2.45) is 0 Å². The SMILES string of the molecule is CCC#Cc1cnc(Cl)s1. The van der Waals surface area contributed by atoms with Gasteiger partial charge in [0.15, 0.2) is 4.47 Å². The van der Waals surface area contributed by atoms with Gasteiger partial charge >= 0.3 is 0 Å². The summed E-state index contributed by atoms with van der Waals surface area (Å²) < 4.78 is 0.556. The van der Waals surface area contributed by atoms with Gasteiger partial charge in [-0.15, -0.1) is 0 Å². The third-order valence-corrected chi connectivity index (χ3v) is 1.90. The second-order valence-electron chi connectivity index (χ2n) is 1.63. The number of hydrogen-bond acceptors (Lipinski definition) is 2. The van der Waals surface area contributed by atoms with Gasteiger partial charge in [-0.1, -0.05) is 41.7 Å². The molecule has 1 rings (SSSR count). The molecule has 52 valence electrons. The second kappa shape index (κ2) is 3.60. The van der Waals surface area contributed by atoms with Gasteiger partial charge in [0.1, 0.15) is 0 Å². The molecule has 0 aliphatic rings. The van der Waals surface area contributed by atoms with Crippen molar-refractivity contribution in [2.45, 2.75) is 13.3 Å². The Labute approximate surface area is 69.1 Å². The van der Waals surface area contributed by atoms with E-state index < -0.39 is 0 Å². The maximum atomic E-state index is 5.58. The summed E-state index contributed by atoms with van der Waals surface area (Å²) >= 11 is 6.99. The fourth-order valence-corrected chi connectivity index (χ4v) is 1.30. The average Bonchev–Trinajstić information content (AvgIpc) is 2.31. The summed E-state index contributed by atoms with van der Waals surface area (Å²) in [5, 5.41) is 0. The summed E-state index contributed by atoms with van der Waals surface area (Å²) in [4.78, 5) is 4.79. The molecule has 1 heterocycles. The van der Waals surface area contributed by atoms with Gasteiger partial charge < -0.3 is 0 Å². The molecule has 3 heteroatoms. The molecule has 0 aliphatic heterocycles. The van der Waals surface area contributed by atoms with E-state index in [1.807, 2.05) is 6.92 Å². The van der Waals surface area contributed by atoms with Crippen LogP contribution in [0.2, 0.25) is 4.47 Å². The molecule has 0 N–H and O–H groups in total. The minimum absolute atomic E-state index is 0.556. The smallest absolute Gasteiger partial charge is 0.184 e. The van der Waals surface area contributed by atoms with Crippen LogP contribution in [0, 0.1) is 11.8 Å². The zero-order valence-electron chi connectivity index (χ0n) is 5.52. The van der Waals surface area contributed by atoms with Crippen LogP contribution in [0.25, 0.3) is 0 Å². The highest BCUT2D eigenvalue weighted by Crippen LogP contribution is 2.16. The third-order valence-electron chi connectivity index (χ3n) is 0.866. The van der Waals surface area contributed by atoms with Gasteiger partial charge in [-0.05, 0) is 0 Å². The van der Waals surface area contributed by atoms with E-state index in [0.29, 0.717) is 4.47 Å². The van der Waals surface area contributed by atoms with E-state index in [1.54, 1.807) is 6.20 Å². The third kappa shape index (κ3) is 2.02. The fourth-order valence-electron chi connectivity index (χ4n) is 0.486. The Balaban J connectivity index is 2.76. The first-order valence-corrected chi connectivity index (χ1v) is 4.12. The highest BCUT2D eigenvalue weighted by atomic mass is 35.5. The molecule has 0 aliphatic carbocycles. The Bertz CT molecular complexity index is 269. The number of aromatic nitrogens is 1. The second-order valence-corrected chi connectivity index (χ2v) is 3.25. The van der Waals surface area contributed by atoms with Crippen LogP contribution in [0.1, 0.15) is 18.2 Å². The molecule has 10 heavy (non-hydrogen) atoms. The fraction of sp³-hybridized carbons (Fsp3) is 0.286. The first-order valence-electron chi connectivity index (χ1n) is 2.93. The van der Waals surface area contributed by atoms with Gasteiger partial charge in [0.05, 0.1) is 11.1 Å². The van der Waals surface area contributed by atoms with E-state index in [0.717, 1.165) is 11.3 Å². The van der Waals surface area contributed by atoms with Crippen molar-refractivity contribution in [1.82, 2.24) is 4.98 Å². The standard InChI is InChI=1S/C7H6ClNS/c1-2-3-4-6-5-9-7(8)10-6/h5H,2H2,1H3. The summed E-state index contributed by atoms with van der Waals surface area (Å²) in [6, 6.07) is 0. The first-order chi connectivity index (χ1) is 4.83. The average molecular weight is 172 g/mol. The summed E-state index contributed by atoms with van der Waals surface area (Å²) in [5.41, 5.74) is 0. The van der Waals surface area contributed by atoms with Crippen LogP contribution in [-0.2, 0) is 0 Å². The van der Waals surface area contributed by atoms with Crippen molar-refractivity contribution in [3.63, 3.8) is 0 Å². The maximum Gasteiger partial charge on any atom is 0.184 e. The summed E-state index contributed by atoms with van der Waals surface area (Å²) in [6.07, 6.45) is 2.56. The molecule has 0 saturated heterocycles. The Kier molecular flexibility index (Phi) is 2.73. The molecular formula is C7H6ClNS. The van der Waals surface area contributed by atoms with Crippen LogP contribution in [0.5, 0.6) is 0 Å².